The number of nitrogens with two attached hydrogens (primary N) is 3. The maximum atomic E-state index is 14.4. The molecule has 7 atom stereocenters. The number of nitrogens with one attached hydrogen (secondary N) is 3. The highest BCUT2D eigenvalue weighted by molar-refractivity contribution is 5.98. The number of aliphatic hydroxyl groups excluding tert-OH is 2. The van der Waals surface area contributed by atoms with Crippen LogP contribution < -0.4 is 37.9 Å². The van der Waals surface area contributed by atoms with Crippen LogP contribution in [0.15, 0.2) is 84.9 Å². The summed E-state index contributed by atoms with van der Waals surface area (Å²) in [4.78, 5) is 94.2. The van der Waals surface area contributed by atoms with Crippen molar-refractivity contribution in [2.45, 2.75) is 135 Å². The number of carbonyl (C=O) groups is 7. The Bertz CT molecular complexity index is 2590. The third-order valence-electron chi connectivity index (χ3n) is 13.1. The highest BCUT2D eigenvalue weighted by Crippen LogP contribution is 2.30. The Morgan fingerprint density at radius 1 is 0.760 bits per heavy atom. The molecule has 17 nitrogen and oxygen atoms in total. The predicted molar refractivity (Wildman–Crippen MR) is 283 cm³/mol. The molecular weight excluding hydrogens is 964 g/mol. The Kier molecular flexibility index (Phi) is 23.7. The van der Waals surface area contributed by atoms with E-state index in [0.717, 1.165) is 52.0 Å². The molecule has 0 spiro atoms. The first-order chi connectivity index (χ1) is 35.5. The number of hydrogen-bond donors (Lipinski definition) is 9. The lowest BCUT2D eigenvalue weighted by Gasteiger charge is -2.29. The number of primary amides is 1. The van der Waals surface area contributed by atoms with E-state index < -0.39 is 114 Å². The monoisotopic (exact) mass is 1040 g/mol. The first kappa shape index (κ1) is 60.7. The summed E-state index contributed by atoms with van der Waals surface area (Å²) in [5.41, 5.74) is 22.7. The zero-order valence-corrected chi connectivity index (χ0v) is 43.7. The molecule has 0 bridgehead atoms. The fourth-order valence-corrected chi connectivity index (χ4v) is 8.93. The molecule has 0 radical (unpaired) electrons. The molecule has 0 aliphatic rings. The number of ether oxygens (including phenoxy) is 1. The van der Waals surface area contributed by atoms with Crippen LogP contribution >= 0.6 is 0 Å². The molecule has 18 heteroatoms. The molecule has 0 aliphatic carbocycles. The van der Waals surface area contributed by atoms with Crippen molar-refractivity contribution in [3.8, 4) is 16.9 Å². The van der Waals surface area contributed by atoms with Gasteiger partial charge in [0.05, 0.1) is 43.2 Å². The van der Waals surface area contributed by atoms with Crippen LogP contribution in [0.1, 0.15) is 99.1 Å². The summed E-state index contributed by atoms with van der Waals surface area (Å²) >= 11 is 0. The molecule has 12 N–H and O–H groups in total. The van der Waals surface area contributed by atoms with Gasteiger partial charge in [0.1, 0.15) is 23.7 Å². The molecule has 4 aromatic carbocycles. The molecule has 0 unspecified atom stereocenters. The van der Waals surface area contributed by atoms with E-state index in [-0.39, 0.29) is 24.8 Å². The Hall–Kier alpha value is -6.86. The normalized spacial score (nSPS) is 14.5. The standard InChI is InChI=1S/C57H75FN6O11/c1-6-39-28-44(75-23-10-9-22-59)20-21-45(39)40-18-16-37(17-19-40)27-42(54(72)62-47(53(60)71)15-11-12-38-25-34(2)24-35(3)26-38)29-49(67)48(31-51(69)70)63-55(73)43(33-65)30-50(68)52(36(4)66)64-56(74)57(5,61)32-41-13-7-8-14-46(41)58/h7-8,13-14,16-21,24-26,28,36,42-43,47-48,52,65-66H,6,9-12,15,22-23,27,29-33,59,61H2,1-5H3,(H2,60,71)(H,62,72)(H,63,73)(H,64,74)(H,69,70)/t36-,42-,43+,47+,48+,52+,57+/m1/s1. The summed E-state index contributed by atoms with van der Waals surface area (Å²) in [5, 5.41) is 38.2. The Balaban J connectivity index is 1.56. The van der Waals surface area contributed by atoms with E-state index in [9.17, 15) is 53.3 Å². The quantitative estimate of drug-likeness (QED) is 0.0310. The minimum Gasteiger partial charge on any atom is -0.494 e. The summed E-state index contributed by atoms with van der Waals surface area (Å²) in [7, 11) is 0. The van der Waals surface area contributed by atoms with E-state index in [1.54, 1.807) is 18.2 Å². The van der Waals surface area contributed by atoms with Crippen molar-refractivity contribution in [2.75, 3.05) is 19.8 Å². The number of benzene rings is 4. The maximum absolute atomic E-state index is 14.4. The lowest BCUT2D eigenvalue weighted by atomic mass is 9.88. The number of aliphatic carboxylic acids is 1. The molecular formula is C57H75FN6O11. The molecule has 0 heterocycles. The maximum Gasteiger partial charge on any atom is 0.305 e. The molecule has 0 saturated carbocycles. The van der Waals surface area contributed by atoms with Crippen molar-refractivity contribution in [2.24, 2.45) is 29.0 Å². The minimum absolute atomic E-state index is 0.0573. The molecule has 0 aromatic heterocycles. The lowest BCUT2D eigenvalue weighted by molar-refractivity contribution is -0.141. The van der Waals surface area contributed by atoms with Crippen LogP contribution in [0.4, 0.5) is 4.39 Å². The lowest BCUT2D eigenvalue weighted by Crippen LogP contribution is -2.59. The van der Waals surface area contributed by atoms with Gasteiger partial charge in [-0.3, -0.25) is 33.6 Å². The number of amides is 4. The molecule has 0 saturated heterocycles. The van der Waals surface area contributed by atoms with E-state index in [1.165, 1.54) is 32.0 Å². The van der Waals surface area contributed by atoms with Crippen LogP contribution in [-0.2, 0) is 59.2 Å². The van der Waals surface area contributed by atoms with E-state index in [1.807, 2.05) is 69.3 Å². The molecule has 4 rings (SSSR count). The third-order valence-corrected chi connectivity index (χ3v) is 13.1. The van der Waals surface area contributed by atoms with E-state index in [0.29, 0.717) is 38.0 Å². The number of aryl methyl sites for hydroxylation is 4. The minimum atomic E-state index is -1.76. The van der Waals surface area contributed by atoms with Crippen molar-refractivity contribution < 1.29 is 58.0 Å². The number of carboxylic acid groups (broad SMARTS) is 1. The number of aliphatic hydroxyl groups is 2. The van der Waals surface area contributed by atoms with Gasteiger partial charge in [0, 0.05) is 25.2 Å². The summed E-state index contributed by atoms with van der Waals surface area (Å²) in [6.07, 6.45) is -0.550. The Labute approximate surface area is 438 Å². The smallest absolute Gasteiger partial charge is 0.305 e. The average Bonchev–Trinajstić information content (AvgIpc) is 3.35. The average molecular weight is 1040 g/mol. The number of rotatable bonds is 32. The molecule has 0 fully saturated rings. The van der Waals surface area contributed by atoms with Crippen LogP contribution in [0.2, 0.25) is 0 Å². The van der Waals surface area contributed by atoms with Crippen LogP contribution in [0.25, 0.3) is 11.1 Å². The molecule has 4 amide bonds. The summed E-state index contributed by atoms with van der Waals surface area (Å²) in [6.45, 7) is 8.65. The first-order valence-electron chi connectivity index (χ1n) is 25.5. The van der Waals surface area contributed by atoms with Gasteiger partial charge in [-0.05, 0) is 131 Å². The van der Waals surface area contributed by atoms with Crippen molar-refractivity contribution in [1.82, 2.24) is 16.0 Å². The zero-order chi connectivity index (χ0) is 55.4. The second-order valence-electron chi connectivity index (χ2n) is 19.7. The van der Waals surface area contributed by atoms with Crippen LogP contribution in [-0.4, -0.2) is 106 Å². The van der Waals surface area contributed by atoms with Gasteiger partial charge in [-0.1, -0.05) is 84.8 Å². The van der Waals surface area contributed by atoms with Crippen molar-refractivity contribution >= 4 is 41.2 Å². The highest BCUT2D eigenvalue weighted by Gasteiger charge is 2.37. The van der Waals surface area contributed by atoms with Crippen molar-refractivity contribution in [1.29, 1.82) is 0 Å². The highest BCUT2D eigenvalue weighted by atomic mass is 19.1. The predicted octanol–water partition coefficient (Wildman–Crippen LogP) is 4.25. The number of Topliss-reactive ketones (excluding diaryl/α,β-unsaturated/α-hetero) is 2. The van der Waals surface area contributed by atoms with Crippen molar-refractivity contribution in [3.05, 3.63) is 124 Å². The topological polar surface area (TPSA) is 304 Å². The van der Waals surface area contributed by atoms with Crippen LogP contribution in [0.3, 0.4) is 0 Å². The van der Waals surface area contributed by atoms with Gasteiger partial charge < -0.3 is 53.2 Å². The number of carboxylic acids is 1. The van der Waals surface area contributed by atoms with Gasteiger partial charge in [-0.25, -0.2) is 4.39 Å². The molecule has 75 heavy (non-hydrogen) atoms. The number of hydrogen-bond acceptors (Lipinski definition) is 12. The second-order valence-corrected chi connectivity index (χ2v) is 19.7. The van der Waals surface area contributed by atoms with Gasteiger partial charge >= 0.3 is 5.97 Å². The number of carbonyl (C=O) groups excluding carboxylic acids is 6. The number of halogens is 1. The third kappa shape index (κ3) is 19.1. The van der Waals surface area contributed by atoms with Crippen molar-refractivity contribution in [3.63, 3.8) is 0 Å². The largest absolute Gasteiger partial charge is 0.494 e. The summed E-state index contributed by atoms with van der Waals surface area (Å²) in [6, 6.07) is 20.4. The van der Waals surface area contributed by atoms with Gasteiger partial charge in [0.2, 0.25) is 23.6 Å². The van der Waals surface area contributed by atoms with E-state index >= 15 is 0 Å². The fourth-order valence-electron chi connectivity index (χ4n) is 8.93. The second kappa shape index (κ2) is 29.3. The number of ketones is 2. The van der Waals surface area contributed by atoms with Crippen LogP contribution in [0.5, 0.6) is 5.75 Å². The van der Waals surface area contributed by atoms with Gasteiger partial charge in [0.15, 0.2) is 11.6 Å². The molecule has 4 aromatic rings. The van der Waals surface area contributed by atoms with E-state index in [4.69, 9.17) is 21.9 Å². The van der Waals surface area contributed by atoms with Crippen LogP contribution in [0, 0.1) is 31.5 Å². The SMILES string of the molecule is CCc1cc(OCCCCN)ccc1-c1ccc(C[C@H](CC(=O)[C@H](CC(=O)O)NC(=O)[C@H](CO)CC(=O)[C@@H](NC(=O)[C@@](C)(N)Cc2ccccc2F)[C@@H](C)O)C(=O)N[C@@H](CCCc2cc(C)cc(C)c2)C(N)=O)cc1. The fraction of sp³-hybridized carbons (Fsp3) is 0.456. The molecule has 0 aliphatic heterocycles. The van der Waals surface area contributed by atoms with Gasteiger partial charge in [-0.2, -0.15) is 0 Å². The Morgan fingerprint density at radius 3 is 2.00 bits per heavy atom. The zero-order valence-electron chi connectivity index (χ0n) is 43.7. The van der Waals surface area contributed by atoms with Gasteiger partial charge in [-0.15, -0.1) is 0 Å². The van der Waals surface area contributed by atoms with E-state index in [2.05, 4.69) is 16.0 Å². The molecule has 406 valence electrons. The van der Waals surface area contributed by atoms with Gasteiger partial charge in [0.25, 0.3) is 0 Å². The summed E-state index contributed by atoms with van der Waals surface area (Å²) < 4.78 is 20.4. The Morgan fingerprint density at radius 2 is 1.40 bits per heavy atom. The number of unbranched alkanes of at least 4 members (excludes halogenated alkanes) is 1. The first-order valence-corrected chi connectivity index (χ1v) is 25.5. The summed E-state index contributed by atoms with van der Waals surface area (Å²) in [5.74, 6) is -9.50.